The van der Waals surface area contributed by atoms with Crippen LogP contribution in [0.15, 0.2) is 54.6 Å². The summed E-state index contributed by atoms with van der Waals surface area (Å²) in [5.74, 6) is 0.377. The first-order valence-corrected chi connectivity index (χ1v) is 10.1. The SMILES string of the molecule is CC[C@H](C)N1CCC(=O)N(C[C@H](O)COc2ccc(-c3ccccc3)cc2)C1=O. The minimum absolute atomic E-state index is 0.00503. The van der Waals surface area contributed by atoms with Crippen molar-refractivity contribution in [1.29, 1.82) is 0 Å². The molecule has 6 heteroatoms. The Balaban J connectivity index is 1.54. The Morgan fingerprint density at radius 3 is 2.34 bits per heavy atom. The topological polar surface area (TPSA) is 70.1 Å². The Bertz CT molecular complexity index is 823. The molecular formula is C23H28N2O4. The van der Waals surface area contributed by atoms with Gasteiger partial charge in [0, 0.05) is 19.0 Å². The summed E-state index contributed by atoms with van der Waals surface area (Å²) < 4.78 is 5.65. The second-order valence-electron chi connectivity index (χ2n) is 7.34. The molecule has 0 aliphatic carbocycles. The summed E-state index contributed by atoms with van der Waals surface area (Å²) in [5.41, 5.74) is 2.19. The van der Waals surface area contributed by atoms with Gasteiger partial charge in [0.15, 0.2) is 0 Å². The van der Waals surface area contributed by atoms with Crippen molar-refractivity contribution in [2.24, 2.45) is 0 Å². The number of imide groups is 1. The Morgan fingerprint density at radius 2 is 1.69 bits per heavy atom. The fraction of sp³-hybridized carbons (Fsp3) is 0.391. The summed E-state index contributed by atoms with van der Waals surface area (Å²) in [7, 11) is 0. The van der Waals surface area contributed by atoms with Crippen molar-refractivity contribution in [3.63, 3.8) is 0 Å². The van der Waals surface area contributed by atoms with Crippen molar-refractivity contribution in [3.05, 3.63) is 54.6 Å². The number of hydrogen-bond acceptors (Lipinski definition) is 4. The van der Waals surface area contributed by atoms with E-state index < -0.39 is 6.10 Å². The van der Waals surface area contributed by atoms with Crippen molar-refractivity contribution in [2.45, 2.75) is 38.8 Å². The van der Waals surface area contributed by atoms with Gasteiger partial charge in [-0.1, -0.05) is 49.4 Å². The minimum atomic E-state index is -0.950. The summed E-state index contributed by atoms with van der Waals surface area (Å²) in [4.78, 5) is 27.6. The molecule has 3 rings (SSSR count). The summed E-state index contributed by atoms with van der Waals surface area (Å²) in [6.45, 7) is 4.34. The number of carbonyl (C=O) groups excluding carboxylic acids is 2. The fourth-order valence-corrected chi connectivity index (χ4v) is 3.35. The molecule has 6 nitrogen and oxygen atoms in total. The third-order valence-electron chi connectivity index (χ3n) is 5.26. The van der Waals surface area contributed by atoms with Gasteiger partial charge in [0.25, 0.3) is 0 Å². The van der Waals surface area contributed by atoms with Crippen molar-refractivity contribution in [3.8, 4) is 16.9 Å². The van der Waals surface area contributed by atoms with Crippen LogP contribution in [-0.4, -0.2) is 58.7 Å². The molecule has 3 amide bonds. The van der Waals surface area contributed by atoms with Crippen LogP contribution in [0.3, 0.4) is 0 Å². The zero-order chi connectivity index (χ0) is 20.8. The highest BCUT2D eigenvalue weighted by atomic mass is 16.5. The highest BCUT2D eigenvalue weighted by Crippen LogP contribution is 2.22. The molecule has 154 valence electrons. The van der Waals surface area contributed by atoms with E-state index in [9.17, 15) is 14.7 Å². The molecule has 2 atom stereocenters. The van der Waals surface area contributed by atoms with Gasteiger partial charge in [-0.3, -0.25) is 9.69 Å². The van der Waals surface area contributed by atoms with E-state index in [1.54, 1.807) is 4.90 Å². The van der Waals surface area contributed by atoms with Gasteiger partial charge in [-0.25, -0.2) is 4.79 Å². The molecule has 1 saturated heterocycles. The van der Waals surface area contributed by atoms with Gasteiger partial charge in [-0.05, 0) is 36.6 Å². The first-order chi connectivity index (χ1) is 14.0. The molecule has 2 aromatic carbocycles. The second kappa shape index (κ2) is 9.56. The standard InChI is InChI=1S/C23H28N2O4/c1-3-17(2)24-14-13-22(27)25(23(24)28)15-20(26)16-29-21-11-9-19(10-12-21)18-7-5-4-6-8-18/h4-12,17,20,26H,3,13-16H2,1-2H3/t17-,20-/m0/s1. The number of hydrogen-bond donors (Lipinski definition) is 1. The number of urea groups is 1. The van der Waals surface area contributed by atoms with Crippen LogP contribution in [0.2, 0.25) is 0 Å². The monoisotopic (exact) mass is 396 g/mol. The van der Waals surface area contributed by atoms with Crippen molar-refractivity contribution >= 4 is 11.9 Å². The molecule has 2 aromatic rings. The largest absolute Gasteiger partial charge is 0.491 e. The lowest BCUT2D eigenvalue weighted by molar-refractivity contribution is -0.132. The number of nitrogens with zero attached hydrogens (tertiary/aromatic N) is 2. The van der Waals surface area contributed by atoms with E-state index in [1.807, 2.05) is 68.4 Å². The molecule has 1 aliphatic heterocycles. The lowest BCUT2D eigenvalue weighted by Crippen LogP contribution is -2.56. The zero-order valence-electron chi connectivity index (χ0n) is 17.0. The fourth-order valence-electron chi connectivity index (χ4n) is 3.35. The second-order valence-corrected chi connectivity index (χ2v) is 7.34. The number of amides is 3. The van der Waals surface area contributed by atoms with Gasteiger partial charge in [0.05, 0.1) is 6.54 Å². The third-order valence-corrected chi connectivity index (χ3v) is 5.26. The maximum atomic E-state index is 12.6. The van der Waals surface area contributed by atoms with Crippen LogP contribution in [0.4, 0.5) is 4.79 Å². The number of carbonyl (C=O) groups is 2. The first kappa shape index (κ1) is 20.9. The predicted octanol–water partition coefficient (Wildman–Crippen LogP) is 3.55. The molecule has 1 aliphatic rings. The van der Waals surface area contributed by atoms with Gasteiger partial charge in [0.2, 0.25) is 5.91 Å². The van der Waals surface area contributed by atoms with Crippen LogP contribution in [0, 0.1) is 0 Å². The molecule has 0 aromatic heterocycles. The molecule has 1 fully saturated rings. The van der Waals surface area contributed by atoms with E-state index in [4.69, 9.17) is 4.74 Å². The molecule has 0 saturated carbocycles. The van der Waals surface area contributed by atoms with Crippen LogP contribution in [-0.2, 0) is 4.79 Å². The average molecular weight is 396 g/mol. The Hall–Kier alpha value is -2.86. The van der Waals surface area contributed by atoms with Gasteiger partial charge in [0.1, 0.15) is 18.5 Å². The highest BCUT2D eigenvalue weighted by Gasteiger charge is 2.35. The van der Waals surface area contributed by atoms with E-state index in [0.29, 0.717) is 12.3 Å². The number of ether oxygens (including phenoxy) is 1. The van der Waals surface area contributed by atoms with Crippen LogP contribution >= 0.6 is 0 Å². The van der Waals surface area contributed by atoms with Gasteiger partial charge < -0.3 is 14.7 Å². The lowest BCUT2D eigenvalue weighted by Gasteiger charge is -2.38. The summed E-state index contributed by atoms with van der Waals surface area (Å²) in [6.07, 6.45) is 0.150. The molecule has 1 N–H and O–H groups in total. The van der Waals surface area contributed by atoms with Crippen LogP contribution in [0.5, 0.6) is 5.75 Å². The van der Waals surface area contributed by atoms with E-state index in [2.05, 4.69) is 0 Å². The highest BCUT2D eigenvalue weighted by molar-refractivity contribution is 5.97. The molecule has 0 unspecified atom stereocenters. The van der Waals surface area contributed by atoms with E-state index in [-0.39, 0.29) is 37.6 Å². The number of aliphatic hydroxyl groups excluding tert-OH is 1. The van der Waals surface area contributed by atoms with Crippen LogP contribution in [0.1, 0.15) is 26.7 Å². The van der Waals surface area contributed by atoms with E-state index in [0.717, 1.165) is 22.4 Å². The minimum Gasteiger partial charge on any atom is -0.491 e. The Labute approximate surface area is 171 Å². The van der Waals surface area contributed by atoms with Crippen molar-refractivity contribution < 1.29 is 19.4 Å². The summed E-state index contributed by atoms with van der Waals surface area (Å²) >= 11 is 0. The molecule has 29 heavy (non-hydrogen) atoms. The molecule has 0 bridgehead atoms. The van der Waals surface area contributed by atoms with Gasteiger partial charge in [-0.2, -0.15) is 0 Å². The van der Waals surface area contributed by atoms with Gasteiger partial charge >= 0.3 is 6.03 Å². The first-order valence-electron chi connectivity index (χ1n) is 10.1. The predicted molar refractivity (Wildman–Crippen MR) is 112 cm³/mol. The smallest absolute Gasteiger partial charge is 0.327 e. The molecule has 1 heterocycles. The zero-order valence-corrected chi connectivity index (χ0v) is 17.0. The van der Waals surface area contributed by atoms with E-state index >= 15 is 0 Å². The number of benzene rings is 2. The van der Waals surface area contributed by atoms with Crippen molar-refractivity contribution in [2.75, 3.05) is 19.7 Å². The third kappa shape index (κ3) is 5.15. The maximum Gasteiger partial charge on any atom is 0.327 e. The lowest BCUT2D eigenvalue weighted by atomic mass is 10.1. The molecule has 0 radical (unpaired) electrons. The maximum absolute atomic E-state index is 12.6. The average Bonchev–Trinajstić information content (AvgIpc) is 2.75. The van der Waals surface area contributed by atoms with Crippen LogP contribution in [0.25, 0.3) is 11.1 Å². The normalized spacial score (nSPS) is 16.7. The van der Waals surface area contributed by atoms with Crippen LogP contribution < -0.4 is 4.74 Å². The number of aliphatic hydroxyl groups is 1. The quantitative estimate of drug-likeness (QED) is 0.741. The number of β-amino-alcohol motifs (C(OH)–C–C–N with tert-alkyl or cyclic N) is 1. The Kier molecular flexibility index (Phi) is 6.88. The number of rotatable bonds is 8. The molecular weight excluding hydrogens is 368 g/mol. The van der Waals surface area contributed by atoms with E-state index in [1.165, 1.54) is 0 Å². The summed E-state index contributed by atoms with van der Waals surface area (Å²) in [6, 6.07) is 17.4. The van der Waals surface area contributed by atoms with Gasteiger partial charge in [-0.15, -0.1) is 0 Å². The molecule has 0 spiro atoms. The van der Waals surface area contributed by atoms with Crippen molar-refractivity contribution in [1.82, 2.24) is 9.80 Å². The Morgan fingerprint density at radius 1 is 1.03 bits per heavy atom. The summed E-state index contributed by atoms with van der Waals surface area (Å²) in [5, 5.41) is 10.3.